The predicted octanol–water partition coefficient (Wildman–Crippen LogP) is 2.24. The Balaban J connectivity index is 0.00000162. The first-order valence-corrected chi connectivity index (χ1v) is 6.20. The summed E-state index contributed by atoms with van der Waals surface area (Å²) >= 11 is 0. The fourth-order valence-corrected chi connectivity index (χ4v) is 2.21. The standard InChI is InChI=1S/C14H20N2O.ClH/c1-10-4-6-13(7-5-10)14(17)16-9-8-15-11(2)12(16)3;/h4-7,11-12,15H,8-9H2,1-3H3;1H. The molecule has 3 nitrogen and oxygen atoms in total. The number of benzene rings is 1. The molecule has 1 aromatic rings. The van der Waals surface area contributed by atoms with Gasteiger partial charge in [-0.3, -0.25) is 4.79 Å². The van der Waals surface area contributed by atoms with Gasteiger partial charge in [-0.1, -0.05) is 17.7 Å². The van der Waals surface area contributed by atoms with Crippen LogP contribution in [0.4, 0.5) is 0 Å². The highest BCUT2D eigenvalue weighted by molar-refractivity contribution is 5.94. The van der Waals surface area contributed by atoms with Gasteiger partial charge < -0.3 is 10.2 Å². The number of piperazine rings is 1. The third kappa shape index (κ3) is 3.03. The highest BCUT2D eigenvalue weighted by Gasteiger charge is 2.28. The number of aryl methyl sites for hydroxylation is 1. The number of carbonyl (C=O) groups excluding carboxylic acids is 1. The second-order valence-corrected chi connectivity index (χ2v) is 4.85. The molecule has 1 saturated heterocycles. The summed E-state index contributed by atoms with van der Waals surface area (Å²) in [5, 5.41) is 3.38. The number of nitrogens with one attached hydrogen (secondary N) is 1. The quantitative estimate of drug-likeness (QED) is 0.847. The number of rotatable bonds is 1. The van der Waals surface area contributed by atoms with Crippen LogP contribution in [0.2, 0.25) is 0 Å². The summed E-state index contributed by atoms with van der Waals surface area (Å²) in [6, 6.07) is 8.41. The summed E-state index contributed by atoms with van der Waals surface area (Å²) in [5.74, 6) is 0.144. The number of hydrogen-bond donors (Lipinski definition) is 1. The molecule has 1 aliphatic heterocycles. The van der Waals surface area contributed by atoms with Crippen molar-refractivity contribution in [3.8, 4) is 0 Å². The van der Waals surface area contributed by atoms with Gasteiger partial charge in [0.15, 0.2) is 0 Å². The Morgan fingerprint density at radius 1 is 1.28 bits per heavy atom. The van der Waals surface area contributed by atoms with Crippen LogP contribution in [0.15, 0.2) is 24.3 Å². The van der Waals surface area contributed by atoms with E-state index in [2.05, 4.69) is 19.2 Å². The van der Waals surface area contributed by atoms with E-state index in [1.54, 1.807) is 0 Å². The molecule has 0 aromatic heterocycles. The van der Waals surface area contributed by atoms with Gasteiger partial charge in [-0.25, -0.2) is 0 Å². The maximum absolute atomic E-state index is 12.4. The highest BCUT2D eigenvalue weighted by Crippen LogP contribution is 2.14. The topological polar surface area (TPSA) is 32.3 Å². The van der Waals surface area contributed by atoms with Gasteiger partial charge in [0.1, 0.15) is 0 Å². The molecule has 100 valence electrons. The van der Waals surface area contributed by atoms with E-state index < -0.39 is 0 Å². The van der Waals surface area contributed by atoms with Crippen LogP contribution in [0.5, 0.6) is 0 Å². The molecule has 4 heteroatoms. The Morgan fingerprint density at radius 2 is 1.89 bits per heavy atom. The zero-order chi connectivity index (χ0) is 12.4. The molecule has 1 N–H and O–H groups in total. The molecule has 1 aromatic carbocycles. The molecular formula is C14H21ClN2O. The second kappa shape index (κ2) is 6.21. The first-order chi connectivity index (χ1) is 8.09. The Bertz CT molecular complexity index is 405. The molecule has 0 saturated carbocycles. The molecular weight excluding hydrogens is 248 g/mol. The van der Waals surface area contributed by atoms with Crippen LogP contribution in [0.1, 0.15) is 29.8 Å². The number of nitrogens with zero attached hydrogens (tertiary/aromatic N) is 1. The van der Waals surface area contributed by atoms with Crippen molar-refractivity contribution < 1.29 is 4.79 Å². The van der Waals surface area contributed by atoms with E-state index in [0.717, 1.165) is 18.7 Å². The lowest BCUT2D eigenvalue weighted by Crippen LogP contribution is -2.57. The molecule has 0 aliphatic carbocycles. The fourth-order valence-electron chi connectivity index (χ4n) is 2.21. The first kappa shape index (κ1) is 15.0. The maximum Gasteiger partial charge on any atom is 0.254 e. The third-order valence-electron chi connectivity index (χ3n) is 3.59. The van der Waals surface area contributed by atoms with E-state index in [9.17, 15) is 4.79 Å². The van der Waals surface area contributed by atoms with Crippen LogP contribution in [0.3, 0.4) is 0 Å². The van der Waals surface area contributed by atoms with Crippen molar-refractivity contribution in [1.29, 1.82) is 0 Å². The first-order valence-electron chi connectivity index (χ1n) is 6.20. The molecule has 0 bridgehead atoms. The number of hydrogen-bond acceptors (Lipinski definition) is 2. The van der Waals surface area contributed by atoms with E-state index in [4.69, 9.17) is 0 Å². The molecule has 0 spiro atoms. The molecule has 2 unspecified atom stereocenters. The minimum absolute atomic E-state index is 0. The van der Waals surface area contributed by atoms with Gasteiger partial charge in [0.05, 0.1) is 0 Å². The van der Waals surface area contributed by atoms with Crippen LogP contribution in [0.25, 0.3) is 0 Å². The minimum atomic E-state index is 0. The summed E-state index contributed by atoms with van der Waals surface area (Å²) in [4.78, 5) is 14.3. The van der Waals surface area contributed by atoms with Gasteiger partial charge in [0.2, 0.25) is 0 Å². The summed E-state index contributed by atoms with van der Waals surface area (Å²) in [6.45, 7) is 7.92. The van der Waals surface area contributed by atoms with Gasteiger partial charge in [-0.15, -0.1) is 12.4 Å². The number of amides is 1. The van der Waals surface area contributed by atoms with E-state index in [1.807, 2.05) is 36.1 Å². The van der Waals surface area contributed by atoms with Gasteiger partial charge in [0.25, 0.3) is 5.91 Å². The molecule has 2 rings (SSSR count). The summed E-state index contributed by atoms with van der Waals surface area (Å²) < 4.78 is 0. The van der Waals surface area contributed by atoms with E-state index in [-0.39, 0.29) is 24.4 Å². The van der Waals surface area contributed by atoms with Crippen molar-refractivity contribution in [2.45, 2.75) is 32.9 Å². The van der Waals surface area contributed by atoms with Gasteiger partial charge in [0, 0.05) is 30.7 Å². The predicted molar refractivity (Wildman–Crippen MR) is 76.4 cm³/mol. The average molecular weight is 269 g/mol. The molecule has 0 radical (unpaired) electrons. The Hall–Kier alpha value is -1.06. The zero-order valence-electron chi connectivity index (χ0n) is 11.1. The fraction of sp³-hybridized carbons (Fsp3) is 0.500. The largest absolute Gasteiger partial charge is 0.333 e. The Labute approximate surface area is 115 Å². The molecule has 1 aliphatic rings. The maximum atomic E-state index is 12.4. The van der Waals surface area contributed by atoms with Gasteiger partial charge in [-0.2, -0.15) is 0 Å². The normalized spacial score (nSPS) is 23.4. The monoisotopic (exact) mass is 268 g/mol. The van der Waals surface area contributed by atoms with E-state index >= 15 is 0 Å². The van der Waals surface area contributed by atoms with Crippen molar-refractivity contribution in [1.82, 2.24) is 10.2 Å². The van der Waals surface area contributed by atoms with Crippen molar-refractivity contribution >= 4 is 18.3 Å². The number of halogens is 1. The summed E-state index contributed by atoms with van der Waals surface area (Å²) in [5.41, 5.74) is 1.97. The van der Waals surface area contributed by atoms with Crippen molar-refractivity contribution in [3.63, 3.8) is 0 Å². The van der Waals surface area contributed by atoms with Crippen LogP contribution in [-0.2, 0) is 0 Å². The third-order valence-corrected chi connectivity index (χ3v) is 3.59. The molecule has 2 atom stereocenters. The minimum Gasteiger partial charge on any atom is -0.333 e. The zero-order valence-corrected chi connectivity index (χ0v) is 12.0. The Morgan fingerprint density at radius 3 is 2.50 bits per heavy atom. The smallest absolute Gasteiger partial charge is 0.254 e. The highest BCUT2D eigenvalue weighted by atomic mass is 35.5. The average Bonchev–Trinajstić information content (AvgIpc) is 2.33. The lowest BCUT2D eigenvalue weighted by atomic mass is 10.0. The molecule has 1 fully saturated rings. The molecule has 1 amide bonds. The number of carbonyl (C=O) groups is 1. The lowest BCUT2D eigenvalue weighted by Gasteiger charge is -2.38. The second-order valence-electron chi connectivity index (χ2n) is 4.85. The van der Waals surface area contributed by atoms with E-state index in [0.29, 0.717) is 6.04 Å². The Kier molecular flexibility index (Phi) is 5.17. The van der Waals surface area contributed by atoms with Crippen molar-refractivity contribution in [2.24, 2.45) is 0 Å². The molecule has 18 heavy (non-hydrogen) atoms. The van der Waals surface area contributed by atoms with Crippen LogP contribution in [0, 0.1) is 6.92 Å². The van der Waals surface area contributed by atoms with E-state index in [1.165, 1.54) is 5.56 Å². The lowest BCUT2D eigenvalue weighted by molar-refractivity contribution is 0.0603. The molecule has 1 heterocycles. The van der Waals surface area contributed by atoms with Gasteiger partial charge >= 0.3 is 0 Å². The SMILES string of the molecule is Cc1ccc(C(=O)N2CCNC(C)C2C)cc1.Cl. The van der Waals surface area contributed by atoms with Crippen LogP contribution in [-0.4, -0.2) is 36.0 Å². The summed E-state index contributed by atoms with van der Waals surface area (Å²) in [7, 11) is 0. The van der Waals surface area contributed by atoms with Crippen LogP contribution < -0.4 is 5.32 Å². The van der Waals surface area contributed by atoms with Crippen molar-refractivity contribution in [3.05, 3.63) is 35.4 Å². The van der Waals surface area contributed by atoms with Crippen molar-refractivity contribution in [2.75, 3.05) is 13.1 Å². The van der Waals surface area contributed by atoms with Gasteiger partial charge in [-0.05, 0) is 32.9 Å². The van der Waals surface area contributed by atoms with Crippen LogP contribution >= 0.6 is 12.4 Å². The summed E-state index contributed by atoms with van der Waals surface area (Å²) in [6.07, 6.45) is 0.